The van der Waals surface area contributed by atoms with E-state index in [-0.39, 0.29) is 29.7 Å². The van der Waals surface area contributed by atoms with E-state index >= 15 is 0 Å². The molecule has 0 aromatic carbocycles. The monoisotopic (exact) mass is 420 g/mol. The van der Waals surface area contributed by atoms with Crippen LogP contribution in [0.15, 0.2) is 29.3 Å². The number of alkyl halides is 3. The fourth-order valence-corrected chi connectivity index (χ4v) is 2.32. The van der Waals surface area contributed by atoms with Gasteiger partial charge in [-0.15, -0.1) is 0 Å². The van der Waals surface area contributed by atoms with Gasteiger partial charge in [0.1, 0.15) is 5.02 Å². The number of nitrogens with one attached hydrogen (secondary N) is 1. The number of rotatable bonds is 8. The van der Waals surface area contributed by atoms with Gasteiger partial charge in [0.15, 0.2) is 5.82 Å². The molecule has 2 N–H and O–H groups in total. The maximum Gasteiger partial charge on any atom is 0.417 e. The summed E-state index contributed by atoms with van der Waals surface area (Å²) in [7, 11) is 0. The van der Waals surface area contributed by atoms with E-state index in [1.165, 1.54) is 6.20 Å². The molecule has 2 heterocycles. The van der Waals surface area contributed by atoms with Gasteiger partial charge in [0, 0.05) is 19.3 Å². The van der Waals surface area contributed by atoms with Crippen molar-refractivity contribution in [3.8, 4) is 5.82 Å². The Kier molecular flexibility index (Phi) is 7.39. The van der Waals surface area contributed by atoms with Crippen LogP contribution in [-0.2, 0) is 10.9 Å². The molecule has 0 saturated heterocycles. The zero-order chi connectivity index (χ0) is 20.9. The normalized spacial score (nSPS) is 13.0. The van der Waals surface area contributed by atoms with Crippen molar-refractivity contribution in [2.45, 2.75) is 26.1 Å². The lowest BCUT2D eigenvalue weighted by Gasteiger charge is -2.15. The largest absolute Gasteiger partial charge is 0.417 e. The number of aromatic nitrogens is 3. The molecule has 0 spiro atoms. The van der Waals surface area contributed by atoms with E-state index in [4.69, 9.17) is 16.3 Å². The zero-order valence-electron chi connectivity index (χ0n) is 15.2. The Labute approximate surface area is 164 Å². The van der Waals surface area contributed by atoms with Crippen molar-refractivity contribution >= 4 is 17.3 Å². The summed E-state index contributed by atoms with van der Waals surface area (Å²) < 4.78 is 43.9. The predicted octanol–water partition coefficient (Wildman–Crippen LogP) is 2.75. The van der Waals surface area contributed by atoms with Crippen LogP contribution in [0.3, 0.4) is 0 Å². The van der Waals surface area contributed by atoms with Crippen LogP contribution in [0.1, 0.15) is 19.4 Å². The summed E-state index contributed by atoms with van der Waals surface area (Å²) in [6.45, 7) is 4.66. The first-order valence-corrected chi connectivity index (χ1v) is 8.78. The van der Waals surface area contributed by atoms with Crippen LogP contribution >= 0.6 is 11.6 Å². The molecular weight excluding hydrogens is 401 g/mol. The molecule has 1 atom stereocenters. The smallest absolute Gasteiger partial charge is 0.389 e. The van der Waals surface area contributed by atoms with Crippen LogP contribution in [-0.4, -0.2) is 45.7 Å². The predicted molar refractivity (Wildman–Crippen MR) is 97.8 cm³/mol. The summed E-state index contributed by atoms with van der Waals surface area (Å²) in [6, 6.07) is 1.82. The molecule has 0 aliphatic heterocycles. The molecule has 0 radical (unpaired) electrons. The summed E-state index contributed by atoms with van der Waals surface area (Å²) >= 11 is 6.03. The second-order valence-corrected chi connectivity index (χ2v) is 6.84. The molecule has 0 aliphatic rings. The molecule has 7 nitrogen and oxygen atoms in total. The Morgan fingerprint density at radius 1 is 1.29 bits per heavy atom. The van der Waals surface area contributed by atoms with Gasteiger partial charge in [-0.1, -0.05) is 25.4 Å². The van der Waals surface area contributed by atoms with Crippen molar-refractivity contribution in [2.75, 3.05) is 25.1 Å². The Hall–Kier alpha value is -2.17. The molecule has 1 unspecified atom stereocenters. The first-order chi connectivity index (χ1) is 13.1. The van der Waals surface area contributed by atoms with E-state index in [0.717, 1.165) is 16.8 Å². The molecule has 154 valence electrons. The number of hydrogen-bond acceptors (Lipinski definition) is 6. The van der Waals surface area contributed by atoms with E-state index in [1.807, 2.05) is 13.8 Å². The Balaban J connectivity index is 2.07. The molecule has 11 heteroatoms. The van der Waals surface area contributed by atoms with Gasteiger partial charge in [-0.3, -0.25) is 4.79 Å². The number of ether oxygens (including phenoxy) is 1. The van der Waals surface area contributed by atoms with Crippen molar-refractivity contribution in [1.29, 1.82) is 0 Å². The molecule has 0 saturated carbocycles. The molecule has 2 aromatic heterocycles. The summed E-state index contributed by atoms with van der Waals surface area (Å²) in [5, 5.41) is 16.3. The van der Waals surface area contributed by atoms with Crippen LogP contribution in [0.25, 0.3) is 5.82 Å². The minimum absolute atomic E-state index is 0.0709. The number of anilines is 1. The summed E-state index contributed by atoms with van der Waals surface area (Å²) in [4.78, 5) is 16.0. The first kappa shape index (κ1) is 22.1. The molecule has 0 aliphatic carbocycles. The van der Waals surface area contributed by atoms with E-state index in [2.05, 4.69) is 15.4 Å². The first-order valence-electron chi connectivity index (χ1n) is 8.40. The van der Waals surface area contributed by atoms with Crippen LogP contribution < -0.4 is 10.9 Å². The molecule has 2 aromatic rings. The SMILES string of the molecule is CC(C)COCC(O)CNc1cnn(-c2ccc(C(F)(F)F)cn2)c(=O)c1Cl. The maximum absolute atomic E-state index is 12.6. The van der Waals surface area contributed by atoms with Gasteiger partial charge in [0.25, 0.3) is 5.56 Å². The van der Waals surface area contributed by atoms with Crippen LogP contribution in [0.5, 0.6) is 0 Å². The maximum atomic E-state index is 12.6. The Bertz CT molecular complexity index is 841. The second-order valence-electron chi connectivity index (χ2n) is 6.46. The highest BCUT2D eigenvalue weighted by molar-refractivity contribution is 6.32. The topological polar surface area (TPSA) is 89.3 Å². The van der Waals surface area contributed by atoms with Crippen molar-refractivity contribution in [3.63, 3.8) is 0 Å². The van der Waals surface area contributed by atoms with Gasteiger partial charge in [-0.05, 0) is 18.1 Å². The van der Waals surface area contributed by atoms with Gasteiger partial charge in [-0.25, -0.2) is 4.98 Å². The highest BCUT2D eigenvalue weighted by Crippen LogP contribution is 2.28. The number of nitrogens with zero attached hydrogens (tertiary/aromatic N) is 3. The standard InChI is InChI=1S/C17H20ClF3N4O3/c1-10(2)8-28-9-12(26)6-22-13-7-24-25(16(27)15(13)18)14-4-3-11(5-23-14)17(19,20)21/h3-5,7,10,12,22,26H,6,8-9H2,1-2H3. The van der Waals surface area contributed by atoms with E-state index in [1.54, 1.807) is 0 Å². The van der Waals surface area contributed by atoms with Gasteiger partial charge in [-0.2, -0.15) is 23.0 Å². The number of hydrogen-bond donors (Lipinski definition) is 2. The number of halogens is 4. The van der Waals surface area contributed by atoms with Crippen molar-refractivity contribution in [2.24, 2.45) is 5.92 Å². The van der Waals surface area contributed by atoms with E-state index in [0.29, 0.717) is 18.7 Å². The minimum atomic E-state index is -4.53. The summed E-state index contributed by atoms with van der Waals surface area (Å²) in [6.07, 6.45) is -3.52. The zero-order valence-corrected chi connectivity index (χ0v) is 16.0. The summed E-state index contributed by atoms with van der Waals surface area (Å²) in [5.41, 5.74) is -1.52. The average molecular weight is 421 g/mol. The lowest BCUT2D eigenvalue weighted by molar-refractivity contribution is -0.137. The third-order valence-corrected chi connectivity index (χ3v) is 3.87. The lowest BCUT2D eigenvalue weighted by atomic mass is 10.2. The van der Waals surface area contributed by atoms with Crippen LogP contribution in [0.4, 0.5) is 18.9 Å². The quantitative estimate of drug-likeness (QED) is 0.682. The Morgan fingerprint density at radius 3 is 2.57 bits per heavy atom. The molecule has 0 bridgehead atoms. The van der Waals surface area contributed by atoms with Crippen LogP contribution in [0, 0.1) is 5.92 Å². The van der Waals surface area contributed by atoms with Gasteiger partial charge >= 0.3 is 6.18 Å². The summed E-state index contributed by atoms with van der Waals surface area (Å²) in [5.74, 6) is 0.235. The average Bonchev–Trinajstić information content (AvgIpc) is 2.62. The molecule has 0 amide bonds. The highest BCUT2D eigenvalue weighted by atomic mass is 35.5. The minimum Gasteiger partial charge on any atom is -0.389 e. The fourth-order valence-electron chi connectivity index (χ4n) is 2.12. The van der Waals surface area contributed by atoms with E-state index in [9.17, 15) is 23.1 Å². The molecular formula is C17H20ClF3N4O3. The second kappa shape index (κ2) is 9.35. The molecule has 0 fully saturated rings. The van der Waals surface area contributed by atoms with Gasteiger partial charge in [0.05, 0.1) is 30.2 Å². The third kappa shape index (κ3) is 5.91. The van der Waals surface area contributed by atoms with Gasteiger partial charge < -0.3 is 15.2 Å². The van der Waals surface area contributed by atoms with Crippen molar-refractivity contribution in [3.05, 3.63) is 45.5 Å². The highest BCUT2D eigenvalue weighted by Gasteiger charge is 2.30. The number of pyridine rings is 1. The van der Waals surface area contributed by atoms with Crippen LogP contribution in [0.2, 0.25) is 5.02 Å². The number of aliphatic hydroxyl groups is 1. The molecule has 28 heavy (non-hydrogen) atoms. The number of aliphatic hydroxyl groups excluding tert-OH is 1. The third-order valence-electron chi connectivity index (χ3n) is 3.50. The Morgan fingerprint density at radius 2 is 2.00 bits per heavy atom. The lowest BCUT2D eigenvalue weighted by Crippen LogP contribution is -2.28. The van der Waals surface area contributed by atoms with Crippen molar-refractivity contribution < 1.29 is 23.0 Å². The fraction of sp³-hybridized carbons (Fsp3) is 0.471. The molecule has 2 rings (SSSR count). The van der Waals surface area contributed by atoms with Crippen molar-refractivity contribution in [1.82, 2.24) is 14.8 Å². The van der Waals surface area contributed by atoms with Gasteiger partial charge in [0.2, 0.25) is 0 Å². The van der Waals surface area contributed by atoms with E-state index < -0.39 is 23.4 Å².